The predicted octanol–water partition coefficient (Wildman–Crippen LogP) is 2.39. The lowest BCUT2D eigenvalue weighted by atomic mass is 10.2. The molecule has 1 saturated carbocycles. The lowest BCUT2D eigenvalue weighted by Crippen LogP contribution is -2.09. The molecule has 1 heterocycles. The Morgan fingerprint density at radius 1 is 1.47 bits per heavy atom. The molecule has 0 unspecified atom stereocenters. The highest BCUT2D eigenvalue weighted by Gasteiger charge is 2.34. The van der Waals surface area contributed by atoms with Gasteiger partial charge in [0.25, 0.3) is 0 Å². The van der Waals surface area contributed by atoms with Crippen LogP contribution < -0.4 is 5.32 Å². The van der Waals surface area contributed by atoms with Gasteiger partial charge >= 0.3 is 5.69 Å². The molecule has 1 aliphatic carbocycles. The normalized spacial score (nSPS) is 14.7. The standard InChI is InChI=1S/C11H16N4O2/c1-3-6-12-11-13-7(2)10(15(16)17)9(14-11)8-4-5-8/h8H,3-6H2,1-2H3,(H,12,13,14). The quantitative estimate of drug-likeness (QED) is 0.627. The minimum absolute atomic E-state index is 0.0922. The summed E-state index contributed by atoms with van der Waals surface area (Å²) < 4.78 is 0. The average Bonchev–Trinajstić information content (AvgIpc) is 3.08. The van der Waals surface area contributed by atoms with Gasteiger partial charge in [-0.2, -0.15) is 0 Å². The van der Waals surface area contributed by atoms with Crippen LogP contribution in [0, 0.1) is 17.0 Å². The van der Waals surface area contributed by atoms with Crippen LogP contribution in [-0.4, -0.2) is 21.4 Å². The number of aromatic nitrogens is 2. The second-order valence-electron chi connectivity index (χ2n) is 4.32. The zero-order valence-electron chi connectivity index (χ0n) is 10.1. The first-order valence-electron chi connectivity index (χ1n) is 5.90. The Morgan fingerprint density at radius 2 is 2.18 bits per heavy atom. The van der Waals surface area contributed by atoms with Crippen molar-refractivity contribution in [2.75, 3.05) is 11.9 Å². The zero-order valence-corrected chi connectivity index (χ0v) is 10.1. The number of rotatable bonds is 5. The first kappa shape index (κ1) is 11.8. The third-order valence-electron chi connectivity index (χ3n) is 2.77. The number of nitrogens with one attached hydrogen (secondary N) is 1. The van der Waals surface area contributed by atoms with E-state index < -0.39 is 0 Å². The minimum atomic E-state index is -0.368. The van der Waals surface area contributed by atoms with Crippen LogP contribution in [0.4, 0.5) is 11.6 Å². The van der Waals surface area contributed by atoms with Gasteiger partial charge in [0, 0.05) is 12.5 Å². The van der Waals surface area contributed by atoms with Crippen LogP contribution in [0.1, 0.15) is 43.5 Å². The molecule has 0 bridgehead atoms. The van der Waals surface area contributed by atoms with Crippen LogP contribution in [0.2, 0.25) is 0 Å². The van der Waals surface area contributed by atoms with Crippen LogP contribution in [0.15, 0.2) is 0 Å². The lowest BCUT2D eigenvalue weighted by molar-refractivity contribution is -0.386. The van der Waals surface area contributed by atoms with E-state index in [1.165, 1.54) is 0 Å². The van der Waals surface area contributed by atoms with E-state index in [0.717, 1.165) is 25.8 Å². The summed E-state index contributed by atoms with van der Waals surface area (Å²) in [5.74, 6) is 0.760. The van der Waals surface area contributed by atoms with Crippen molar-refractivity contribution in [2.45, 2.75) is 39.0 Å². The molecule has 6 nitrogen and oxygen atoms in total. The molecule has 0 atom stereocenters. The Kier molecular flexibility index (Phi) is 3.21. The molecule has 0 aromatic carbocycles. The summed E-state index contributed by atoms with van der Waals surface area (Å²) in [6.45, 7) is 4.50. The van der Waals surface area contributed by atoms with Crippen molar-refractivity contribution in [2.24, 2.45) is 0 Å². The van der Waals surface area contributed by atoms with Crippen molar-refractivity contribution in [3.05, 3.63) is 21.5 Å². The molecule has 0 saturated heterocycles. The Bertz CT molecular complexity index is 443. The number of nitro groups is 1. The van der Waals surface area contributed by atoms with E-state index in [1.54, 1.807) is 6.92 Å². The highest BCUT2D eigenvalue weighted by atomic mass is 16.6. The molecule has 1 N–H and O–H groups in total. The summed E-state index contributed by atoms with van der Waals surface area (Å²) in [4.78, 5) is 19.1. The van der Waals surface area contributed by atoms with Gasteiger partial charge in [-0.3, -0.25) is 10.1 Å². The van der Waals surface area contributed by atoms with Crippen molar-refractivity contribution in [3.63, 3.8) is 0 Å². The van der Waals surface area contributed by atoms with E-state index in [0.29, 0.717) is 17.3 Å². The maximum atomic E-state index is 11.0. The summed E-state index contributed by atoms with van der Waals surface area (Å²) in [5.41, 5.74) is 1.14. The van der Waals surface area contributed by atoms with Crippen molar-refractivity contribution in [1.29, 1.82) is 0 Å². The van der Waals surface area contributed by atoms with Gasteiger partial charge in [0.2, 0.25) is 5.95 Å². The van der Waals surface area contributed by atoms with Gasteiger partial charge in [-0.05, 0) is 26.2 Å². The van der Waals surface area contributed by atoms with Gasteiger partial charge in [-0.25, -0.2) is 9.97 Å². The Morgan fingerprint density at radius 3 is 2.71 bits per heavy atom. The molecule has 6 heteroatoms. The third-order valence-corrected chi connectivity index (χ3v) is 2.77. The molecule has 17 heavy (non-hydrogen) atoms. The van der Waals surface area contributed by atoms with Crippen LogP contribution in [0.3, 0.4) is 0 Å². The maximum Gasteiger partial charge on any atom is 0.312 e. The fraction of sp³-hybridized carbons (Fsp3) is 0.636. The molecule has 0 spiro atoms. The largest absolute Gasteiger partial charge is 0.354 e. The molecule has 1 aromatic heterocycles. The van der Waals surface area contributed by atoms with E-state index in [9.17, 15) is 10.1 Å². The molecule has 1 aromatic rings. The molecule has 0 aliphatic heterocycles. The summed E-state index contributed by atoms with van der Waals surface area (Å²) in [5, 5.41) is 14.1. The monoisotopic (exact) mass is 236 g/mol. The van der Waals surface area contributed by atoms with Crippen molar-refractivity contribution in [3.8, 4) is 0 Å². The smallest absolute Gasteiger partial charge is 0.312 e. The topological polar surface area (TPSA) is 81.0 Å². The summed E-state index contributed by atoms with van der Waals surface area (Å²) in [6, 6.07) is 0. The van der Waals surface area contributed by atoms with Crippen LogP contribution in [0.25, 0.3) is 0 Å². The molecular formula is C11H16N4O2. The highest BCUT2D eigenvalue weighted by Crippen LogP contribution is 2.43. The Labute approximate surface area is 99.6 Å². The van der Waals surface area contributed by atoms with Crippen molar-refractivity contribution >= 4 is 11.6 Å². The number of aryl methyl sites for hydroxylation is 1. The average molecular weight is 236 g/mol. The molecule has 0 amide bonds. The first-order valence-corrected chi connectivity index (χ1v) is 5.90. The van der Waals surface area contributed by atoms with Gasteiger partial charge in [0.1, 0.15) is 11.4 Å². The fourth-order valence-electron chi connectivity index (χ4n) is 1.77. The van der Waals surface area contributed by atoms with Gasteiger partial charge in [0.15, 0.2) is 0 Å². The van der Waals surface area contributed by atoms with E-state index >= 15 is 0 Å². The SMILES string of the molecule is CCCNc1nc(C)c([N+](=O)[O-])c(C2CC2)n1. The highest BCUT2D eigenvalue weighted by molar-refractivity contribution is 5.47. The van der Waals surface area contributed by atoms with Crippen LogP contribution in [0.5, 0.6) is 0 Å². The predicted molar refractivity (Wildman–Crippen MR) is 64.2 cm³/mol. The Hall–Kier alpha value is -1.72. The minimum Gasteiger partial charge on any atom is -0.354 e. The third kappa shape index (κ3) is 2.51. The van der Waals surface area contributed by atoms with Gasteiger partial charge < -0.3 is 5.32 Å². The zero-order chi connectivity index (χ0) is 12.4. The van der Waals surface area contributed by atoms with Gasteiger partial charge in [-0.15, -0.1) is 0 Å². The fourth-order valence-corrected chi connectivity index (χ4v) is 1.77. The molecule has 1 fully saturated rings. The lowest BCUT2D eigenvalue weighted by Gasteiger charge is -2.07. The molecule has 92 valence electrons. The van der Waals surface area contributed by atoms with Gasteiger partial charge in [0.05, 0.1) is 4.92 Å². The molecule has 1 aliphatic rings. The summed E-state index contributed by atoms with van der Waals surface area (Å²) in [6.07, 6.45) is 2.95. The maximum absolute atomic E-state index is 11.0. The second kappa shape index (κ2) is 4.65. The molecule has 0 radical (unpaired) electrons. The second-order valence-corrected chi connectivity index (χ2v) is 4.32. The van der Waals surface area contributed by atoms with E-state index in [2.05, 4.69) is 15.3 Å². The van der Waals surface area contributed by atoms with Crippen molar-refractivity contribution < 1.29 is 4.92 Å². The number of nitrogens with zero attached hydrogens (tertiary/aromatic N) is 3. The van der Waals surface area contributed by atoms with Gasteiger partial charge in [-0.1, -0.05) is 6.92 Å². The van der Waals surface area contributed by atoms with E-state index in [-0.39, 0.29) is 16.5 Å². The molecule has 2 rings (SSSR count). The van der Waals surface area contributed by atoms with Crippen LogP contribution in [-0.2, 0) is 0 Å². The summed E-state index contributed by atoms with van der Waals surface area (Å²) >= 11 is 0. The number of anilines is 1. The van der Waals surface area contributed by atoms with Crippen LogP contribution >= 0.6 is 0 Å². The molecular weight excluding hydrogens is 220 g/mol. The van der Waals surface area contributed by atoms with E-state index in [1.807, 2.05) is 6.92 Å². The van der Waals surface area contributed by atoms with Crippen molar-refractivity contribution in [1.82, 2.24) is 9.97 Å². The number of hydrogen-bond donors (Lipinski definition) is 1. The first-order chi connectivity index (χ1) is 8.13. The number of hydrogen-bond acceptors (Lipinski definition) is 5. The summed E-state index contributed by atoms with van der Waals surface area (Å²) in [7, 11) is 0. The Balaban J connectivity index is 2.37. The van der Waals surface area contributed by atoms with E-state index in [4.69, 9.17) is 0 Å².